The molecule has 2 aromatic rings. The molecule has 0 unspecified atom stereocenters. The standard InChI is InChI=1S/C13H16N4O3S/c1-13(12(14)18,10-6-4-3-5-7-10)16-21(19,20)11-8-15-17(2)9-11/h3-9,16H,1-2H3,(H2,14,18)/t13-/m1/s1. The smallest absolute Gasteiger partial charge is 0.244 e. The molecule has 0 saturated heterocycles. The predicted octanol–water partition coefficient (Wildman–Crippen LogP) is 0.0991. The number of aryl methyl sites for hydroxylation is 1. The molecule has 0 aliphatic heterocycles. The Morgan fingerprint density at radius 2 is 1.95 bits per heavy atom. The maximum Gasteiger partial charge on any atom is 0.244 e. The minimum Gasteiger partial charge on any atom is -0.368 e. The summed E-state index contributed by atoms with van der Waals surface area (Å²) in [7, 11) is -2.32. The SMILES string of the molecule is Cn1cc(S(=O)(=O)N[C@@](C)(C(N)=O)c2ccccc2)cn1. The number of nitrogens with one attached hydrogen (secondary N) is 1. The Bertz CT molecular complexity index is 755. The first kappa shape index (κ1) is 15.2. The van der Waals surface area contributed by atoms with Crippen molar-refractivity contribution in [1.29, 1.82) is 0 Å². The molecule has 1 aromatic heterocycles. The van der Waals surface area contributed by atoms with E-state index in [0.717, 1.165) is 0 Å². The zero-order valence-electron chi connectivity index (χ0n) is 11.6. The molecule has 0 fully saturated rings. The molecule has 0 bridgehead atoms. The van der Waals surface area contributed by atoms with Gasteiger partial charge in [-0.25, -0.2) is 8.42 Å². The van der Waals surface area contributed by atoms with Crippen LogP contribution in [0.5, 0.6) is 0 Å². The quantitative estimate of drug-likeness (QED) is 0.816. The molecule has 2 rings (SSSR count). The maximum absolute atomic E-state index is 12.4. The Balaban J connectivity index is 2.44. The van der Waals surface area contributed by atoms with Crippen molar-refractivity contribution in [1.82, 2.24) is 14.5 Å². The van der Waals surface area contributed by atoms with Crippen molar-refractivity contribution in [2.75, 3.05) is 0 Å². The van der Waals surface area contributed by atoms with Gasteiger partial charge in [0, 0.05) is 13.2 Å². The summed E-state index contributed by atoms with van der Waals surface area (Å²) in [4.78, 5) is 11.8. The minimum absolute atomic E-state index is 0.0339. The molecule has 0 aliphatic carbocycles. The first-order chi connectivity index (χ1) is 9.75. The van der Waals surface area contributed by atoms with Gasteiger partial charge in [-0.1, -0.05) is 30.3 Å². The van der Waals surface area contributed by atoms with Crippen molar-refractivity contribution in [3.8, 4) is 0 Å². The number of nitrogens with two attached hydrogens (primary N) is 1. The molecule has 1 heterocycles. The third-order valence-electron chi connectivity index (χ3n) is 3.17. The number of hydrogen-bond donors (Lipinski definition) is 2. The topological polar surface area (TPSA) is 107 Å². The normalized spacial score (nSPS) is 14.6. The summed E-state index contributed by atoms with van der Waals surface area (Å²) in [5.41, 5.74) is 4.32. The monoisotopic (exact) mass is 308 g/mol. The van der Waals surface area contributed by atoms with E-state index in [9.17, 15) is 13.2 Å². The van der Waals surface area contributed by atoms with Gasteiger partial charge in [-0.3, -0.25) is 9.48 Å². The van der Waals surface area contributed by atoms with E-state index in [-0.39, 0.29) is 4.90 Å². The average molecular weight is 308 g/mol. The van der Waals surface area contributed by atoms with Crippen molar-refractivity contribution >= 4 is 15.9 Å². The molecule has 0 radical (unpaired) electrons. The van der Waals surface area contributed by atoms with E-state index in [1.54, 1.807) is 37.4 Å². The van der Waals surface area contributed by atoms with E-state index < -0.39 is 21.5 Å². The molecule has 1 aromatic carbocycles. The number of carbonyl (C=O) groups is 1. The van der Waals surface area contributed by atoms with Crippen LogP contribution in [-0.4, -0.2) is 24.1 Å². The number of benzene rings is 1. The van der Waals surface area contributed by atoms with Gasteiger partial charge in [-0.15, -0.1) is 0 Å². The van der Waals surface area contributed by atoms with E-state index in [1.807, 2.05) is 0 Å². The number of sulfonamides is 1. The molecule has 7 nitrogen and oxygen atoms in total. The van der Waals surface area contributed by atoms with Crippen LogP contribution in [-0.2, 0) is 27.4 Å². The number of primary amides is 1. The van der Waals surface area contributed by atoms with Gasteiger partial charge in [0.05, 0.1) is 6.20 Å². The molecule has 0 aliphatic rings. The van der Waals surface area contributed by atoms with Crippen LogP contribution in [0.25, 0.3) is 0 Å². The number of carbonyl (C=O) groups excluding carboxylic acids is 1. The highest BCUT2D eigenvalue weighted by molar-refractivity contribution is 7.89. The lowest BCUT2D eigenvalue weighted by atomic mass is 9.93. The van der Waals surface area contributed by atoms with Gasteiger partial charge in [-0.05, 0) is 12.5 Å². The van der Waals surface area contributed by atoms with Gasteiger partial charge in [0.15, 0.2) is 0 Å². The van der Waals surface area contributed by atoms with Crippen molar-refractivity contribution in [2.45, 2.75) is 17.4 Å². The zero-order valence-corrected chi connectivity index (χ0v) is 12.5. The predicted molar refractivity (Wildman–Crippen MR) is 76.5 cm³/mol. The van der Waals surface area contributed by atoms with E-state index in [1.165, 1.54) is 24.0 Å². The van der Waals surface area contributed by atoms with Crippen LogP contribution in [0.4, 0.5) is 0 Å². The van der Waals surface area contributed by atoms with Crippen molar-refractivity contribution in [3.63, 3.8) is 0 Å². The highest BCUT2D eigenvalue weighted by atomic mass is 32.2. The van der Waals surface area contributed by atoms with Gasteiger partial charge in [0.25, 0.3) is 0 Å². The fourth-order valence-electron chi connectivity index (χ4n) is 1.89. The number of nitrogens with zero attached hydrogens (tertiary/aromatic N) is 2. The molecule has 0 spiro atoms. The summed E-state index contributed by atoms with van der Waals surface area (Å²) >= 11 is 0. The third kappa shape index (κ3) is 2.96. The summed E-state index contributed by atoms with van der Waals surface area (Å²) < 4.78 is 28.5. The van der Waals surface area contributed by atoms with E-state index in [0.29, 0.717) is 5.56 Å². The summed E-state index contributed by atoms with van der Waals surface area (Å²) in [5, 5.41) is 3.81. The summed E-state index contributed by atoms with van der Waals surface area (Å²) in [6, 6.07) is 8.44. The highest BCUT2D eigenvalue weighted by Gasteiger charge is 2.38. The van der Waals surface area contributed by atoms with Gasteiger partial charge in [0.2, 0.25) is 15.9 Å². The fourth-order valence-corrected chi connectivity index (χ4v) is 3.24. The van der Waals surface area contributed by atoms with Crippen LogP contribution in [0.2, 0.25) is 0 Å². The molecule has 21 heavy (non-hydrogen) atoms. The van der Waals surface area contributed by atoms with Gasteiger partial charge >= 0.3 is 0 Å². The number of rotatable bonds is 5. The summed E-state index contributed by atoms with van der Waals surface area (Å²) in [6.07, 6.45) is 2.55. The maximum atomic E-state index is 12.4. The van der Waals surface area contributed by atoms with Gasteiger partial charge in [0.1, 0.15) is 10.4 Å². The second-order valence-electron chi connectivity index (χ2n) is 4.81. The van der Waals surface area contributed by atoms with Crippen molar-refractivity contribution in [3.05, 3.63) is 48.3 Å². The molecule has 1 atom stereocenters. The van der Waals surface area contributed by atoms with E-state index >= 15 is 0 Å². The Morgan fingerprint density at radius 3 is 2.43 bits per heavy atom. The number of amides is 1. The second-order valence-corrected chi connectivity index (χ2v) is 6.49. The molecule has 1 amide bonds. The van der Waals surface area contributed by atoms with Crippen LogP contribution in [0.1, 0.15) is 12.5 Å². The minimum atomic E-state index is -3.92. The molecular weight excluding hydrogens is 292 g/mol. The Labute approximate surface area is 122 Å². The average Bonchev–Trinajstić information content (AvgIpc) is 2.86. The summed E-state index contributed by atoms with van der Waals surface area (Å²) in [5.74, 6) is -0.791. The van der Waals surface area contributed by atoms with Crippen LogP contribution < -0.4 is 10.5 Å². The number of hydrogen-bond acceptors (Lipinski definition) is 4. The van der Waals surface area contributed by atoms with Gasteiger partial charge in [-0.2, -0.15) is 9.82 Å². The fraction of sp³-hybridized carbons (Fsp3) is 0.231. The molecule has 8 heteroatoms. The summed E-state index contributed by atoms with van der Waals surface area (Å²) in [6.45, 7) is 1.43. The van der Waals surface area contributed by atoms with Crippen LogP contribution in [0.15, 0.2) is 47.6 Å². The van der Waals surface area contributed by atoms with E-state index in [2.05, 4.69) is 9.82 Å². The Morgan fingerprint density at radius 1 is 1.33 bits per heavy atom. The highest BCUT2D eigenvalue weighted by Crippen LogP contribution is 2.23. The molecule has 112 valence electrons. The zero-order chi connectivity index (χ0) is 15.7. The van der Waals surface area contributed by atoms with Crippen molar-refractivity contribution < 1.29 is 13.2 Å². The van der Waals surface area contributed by atoms with Crippen LogP contribution >= 0.6 is 0 Å². The molecule has 0 saturated carbocycles. The lowest BCUT2D eigenvalue weighted by Gasteiger charge is -2.27. The molecular formula is C13H16N4O3S. The van der Waals surface area contributed by atoms with Crippen molar-refractivity contribution in [2.24, 2.45) is 12.8 Å². The Kier molecular flexibility index (Phi) is 3.84. The van der Waals surface area contributed by atoms with Gasteiger partial charge < -0.3 is 5.73 Å². The Hall–Kier alpha value is -2.19. The largest absolute Gasteiger partial charge is 0.368 e. The van der Waals surface area contributed by atoms with E-state index in [4.69, 9.17) is 5.73 Å². The lowest BCUT2D eigenvalue weighted by Crippen LogP contribution is -2.52. The first-order valence-electron chi connectivity index (χ1n) is 6.14. The lowest BCUT2D eigenvalue weighted by molar-refractivity contribution is -0.123. The third-order valence-corrected chi connectivity index (χ3v) is 4.68. The molecule has 3 N–H and O–H groups in total. The van der Waals surface area contributed by atoms with Crippen LogP contribution in [0, 0.1) is 0 Å². The number of aromatic nitrogens is 2. The second kappa shape index (κ2) is 5.30. The van der Waals surface area contributed by atoms with Crippen LogP contribution in [0.3, 0.4) is 0 Å². The first-order valence-corrected chi connectivity index (χ1v) is 7.62.